The highest BCUT2D eigenvalue weighted by Gasteiger charge is 2.42. The van der Waals surface area contributed by atoms with E-state index in [4.69, 9.17) is 10.5 Å². The Balaban J connectivity index is 0.00000196. The van der Waals surface area contributed by atoms with Crippen LogP contribution < -0.4 is 11.1 Å². The summed E-state index contributed by atoms with van der Waals surface area (Å²) in [6.07, 6.45) is 6.75. The molecule has 0 unspecified atom stereocenters. The van der Waals surface area contributed by atoms with Crippen LogP contribution in [0, 0.1) is 0 Å². The number of thiazole rings is 1. The number of ether oxygens (including phenoxy) is 1. The van der Waals surface area contributed by atoms with Crippen molar-refractivity contribution in [3.05, 3.63) is 16.1 Å². The second-order valence-corrected chi connectivity index (χ2v) is 9.11. The van der Waals surface area contributed by atoms with Gasteiger partial charge in [0, 0.05) is 37.0 Å². The Hall–Kier alpha value is -0.440. The molecule has 0 bridgehead atoms. The maximum absolute atomic E-state index is 12.6. The van der Waals surface area contributed by atoms with Gasteiger partial charge in [0.1, 0.15) is 5.69 Å². The van der Waals surface area contributed by atoms with Crippen LogP contribution in [0.2, 0.25) is 0 Å². The summed E-state index contributed by atoms with van der Waals surface area (Å²) < 4.78 is 5.90. The van der Waals surface area contributed by atoms with E-state index in [1.54, 1.807) is 0 Å². The molecule has 3 rings (SSSR count). The van der Waals surface area contributed by atoms with Gasteiger partial charge in [-0.05, 0) is 33.2 Å². The lowest BCUT2D eigenvalue weighted by atomic mass is 9.79. The average molecular weight is 453 g/mol. The van der Waals surface area contributed by atoms with Gasteiger partial charge in [0.05, 0.1) is 17.2 Å². The van der Waals surface area contributed by atoms with Gasteiger partial charge in [0.2, 0.25) is 0 Å². The number of nitrogens with two attached hydrogens (primary N) is 1. The molecule has 1 saturated heterocycles. The first-order chi connectivity index (χ1) is 12.4. The zero-order chi connectivity index (χ0) is 18.6. The smallest absolute Gasteiger partial charge is 0.270 e. The molecular weight excluding hydrogens is 419 g/mol. The minimum atomic E-state index is -0.126. The second kappa shape index (κ2) is 11.1. The fourth-order valence-corrected chi connectivity index (χ4v) is 5.02. The van der Waals surface area contributed by atoms with E-state index in [1.807, 2.05) is 5.38 Å². The van der Waals surface area contributed by atoms with Crippen molar-refractivity contribution in [1.29, 1.82) is 0 Å². The Labute approximate surface area is 184 Å². The summed E-state index contributed by atoms with van der Waals surface area (Å²) in [5.74, 6) is -0.0676. The number of nitrogens with one attached hydrogen (secondary N) is 1. The third kappa shape index (κ3) is 6.28. The molecule has 1 aliphatic carbocycles. The predicted octanol–water partition coefficient (Wildman–Crippen LogP) is 3.03. The lowest BCUT2D eigenvalue weighted by molar-refractivity contribution is -0.122. The molecule has 1 amide bonds. The van der Waals surface area contributed by atoms with E-state index in [1.165, 1.54) is 30.6 Å². The molecule has 9 heteroatoms. The first kappa shape index (κ1) is 25.6. The van der Waals surface area contributed by atoms with Crippen molar-refractivity contribution in [3.8, 4) is 0 Å². The molecule has 0 atom stereocenters. The van der Waals surface area contributed by atoms with E-state index in [0.717, 1.165) is 44.0 Å². The Morgan fingerprint density at radius 1 is 1.32 bits per heavy atom. The fourth-order valence-electron chi connectivity index (χ4n) is 4.22. The zero-order valence-corrected chi connectivity index (χ0v) is 19.3. The molecule has 162 valence electrons. The fraction of sp³-hybridized carbons (Fsp3) is 0.789. The van der Waals surface area contributed by atoms with E-state index in [0.29, 0.717) is 18.8 Å². The van der Waals surface area contributed by atoms with Crippen LogP contribution in [0.5, 0.6) is 0 Å². The molecule has 0 spiro atoms. The molecule has 0 aromatic carbocycles. The highest BCUT2D eigenvalue weighted by molar-refractivity contribution is 7.09. The number of hydrogen-bond acceptors (Lipinski definition) is 6. The van der Waals surface area contributed by atoms with E-state index in [-0.39, 0.29) is 41.9 Å². The first-order valence-electron chi connectivity index (χ1n) is 9.76. The maximum Gasteiger partial charge on any atom is 0.270 e. The third-order valence-corrected chi connectivity index (χ3v) is 6.51. The number of carbonyl (C=O) groups is 1. The van der Waals surface area contributed by atoms with Gasteiger partial charge in [0.25, 0.3) is 5.91 Å². The number of amides is 1. The van der Waals surface area contributed by atoms with Crippen LogP contribution >= 0.6 is 36.2 Å². The molecule has 28 heavy (non-hydrogen) atoms. The van der Waals surface area contributed by atoms with Gasteiger partial charge in [0.15, 0.2) is 0 Å². The van der Waals surface area contributed by atoms with Gasteiger partial charge < -0.3 is 15.8 Å². The number of aromatic nitrogens is 1. The van der Waals surface area contributed by atoms with Gasteiger partial charge in [-0.25, -0.2) is 4.98 Å². The molecule has 1 aromatic rings. The normalized spacial score (nSPS) is 21.2. The van der Waals surface area contributed by atoms with Crippen molar-refractivity contribution < 1.29 is 9.53 Å². The largest absolute Gasteiger partial charge is 0.373 e. The summed E-state index contributed by atoms with van der Waals surface area (Å²) in [7, 11) is 0. The molecule has 1 saturated carbocycles. The summed E-state index contributed by atoms with van der Waals surface area (Å²) in [6.45, 7) is 8.18. The van der Waals surface area contributed by atoms with Crippen molar-refractivity contribution in [1.82, 2.24) is 15.2 Å². The van der Waals surface area contributed by atoms with Crippen LogP contribution in [0.15, 0.2) is 5.38 Å². The molecule has 3 N–H and O–H groups in total. The number of morpholine rings is 1. The van der Waals surface area contributed by atoms with E-state index in [2.05, 4.69) is 29.0 Å². The molecule has 2 aliphatic rings. The highest BCUT2D eigenvalue weighted by Crippen LogP contribution is 2.36. The topological polar surface area (TPSA) is 80.5 Å². The van der Waals surface area contributed by atoms with E-state index < -0.39 is 0 Å². The number of nitrogens with zero attached hydrogens (tertiary/aromatic N) is 2. The standard InChI is InChI=1S/C19H32N4O2S.2ClH/c1-18(2)14-23(10-11-25-18)19(7-4-3-5-8-19)13-21-17(24)15-12-26-16(22-15)6-9-20;;/h12H,3-11,13-14,20H2,1-2H3,(H,21,24);2*1H. The lowest BCUT2D eigenvalue weighted by Crippen LogP contribution is -2.63. The number of rotatable bonds is 6. The molecule has 1 aromatic heterocycles. The summed E-state index contributed by atoms with van der Waals surface area (Å²) in [5.41, 5.74) is 6.01. The van der Waals surface area contributed by atoms with Crippen LogP contribution in [0.3, 0.4) is 0 Å². The third-order valence-electron chi connectivity index (χ3n) is 5.60. The predicted molar refractivity (Wildman–Crippen MR) is 119 cm³/mol. The Morgan fingerprint density at radius 2 is 2.04 bits per heavy atom. The minimum Gasteiger partial charge on any atom is -0.373 e. The van der Waals surface area contributed by atoms with Crippen molar-refractivity contribution in [2.75, 3.05) is 32.8 Å². The summed E-state index contributed by atoms with van der Waals surface area (Å²) in [4.78, 5) is 19.6. The number of carbonyl (C=O) groups excluding carboxylic acids is 1. The van der Waals surface area contributed by atoms with Gasteiger partial charge >= 0.3 is 0 Å². The maximum atomic E-state index is 12.6. The van der Waals surface area contributed by atoms with Crippen molar-refractivity contribution in [2.24, 2.45) is 5.73 Å². The zero-order valence-electron chi connectivity index (χ0n) is 16.9. The van der Waals surface area contributed by atoms with Crippen molar-refractivity contribution in [2.45, 2.75) is 63.5 Å². The molecule has 1 aliphatic heterocycles. The lowest BCUT2D eigenvalue weighted by Gasteiger charge is -2.51. The Kier molecular flexibility index (Phi) is 10.1. The SMILES string of the molecule is CC1(C)CN(C2(CNC(=O)c3csc(CCN)n3)CCCCC2)CCO1.Cl.Cl. The molecule has 6 nitrogen and oxygen atoms in total. The summed E-state index contributed by atoms with van der Waals surface area (Å²) in [6, 6.07) is 0. The van der Waals surface area contributed by atoms with Gasteiger partial charge in [-0.2, -0.15) is 0 Å². The van der Waals surface area contributed by atoms with Gasteiger partial charge in [-0.3, -0.25) is 9.69 Å². The first-order valence-corrected chi connectivity index (χ1v) is 10.6. The van der Waals surface area contributed by atoms with Crippen molar-refractivity contribution in [3.63, 3.8) is 0 Å². The number of hydrogen-bond donors (Lipinski definition) is 2. The minimum absolute atomic E-state index is 0. The van der Waals surface area contributed by atoms with Crippen LogP contribution in [0.1, 0.15) is 61.4 Å². The Morgan fingerprint density at radius 3 is 2.68 bits per heavy atom. The van der Waals surface area contributed by atoms with Gasteiger partial charge in [-0.1, -0.05) is 19.3 Å². The second-order valence-electron chi connectivity index (χ2n) is 8.16. The molecular formula is C19H34Cl2N4O2S. The number of halogens is 2. The summed E-state index contributed by atoms with van der Waals surface area (Å²) in [5, 5.41) is 5.95. The molecule has 2 heterocycles. The van der Waals surface area contributed by atoms with E-state index in [9.17, 15) is 4.79 Å². The van der Waals surface area contributed by atoms with Crippen LogP contribution in [-0.2, 0) is 11.2 Å². The monoisotopic (exact) mass is 452 g/mol. The Bertz CT molecular complexity index is 621. The average Bonchev–Trinajstić information content (AvgIpc) is 3.09. The van der Waals surface area contributed by atoms with Gasteiger partial charge in [-0.15, -0.1) is 36.2 Å². The quantitative estimate of drug-likeness (QED) is 0.692. The van der Waals surface area contributed by atoms with E-state index >= 15 is 0 Å². The van der Waals surface area contributed by atoms with Crippen LogP contribution in [0.25, 0.3) is 0 Å². The van der Waals surface area contributed by atoms with Crippen LogP contribution in [0.4, 0.5) is 0 Å². The van der Waals surface area contributed by atoms with Crippen molar-refractivity contribution >= 4 is 42.1 Å². The molecule has 2 fully saturated rings. The highest BCUT2D eigenvalue weighted by atomic mass is 35.5. The van der Waals surface area contributed by atoms with Crippen LogP contribution in [-0.4, -0.2) is 59.7 Å². The summed E-state index contributed by atoms with van der Waals surface area (Å²) >= 11 is 1.51. The molecule has 0 radical (unpaired) electrons.